The standard InChI is InChI=1S/C16H26N2OS.ClH/c1-20-13-11-14-7-9-15(10-8-14)18-16(19)6-4-2-3-5-12-17;/h7-10H,2-6,11-13,17H2,1H3,(H,18,19);1H. The number of thioether (sulfide) groups is 1. The summed E-state index contributed by atoms with van der Waals surface area (Å²) in [7, 11) is 0. The predicted octanol–water partition coefficient (Wildman–Crippen LogP) is 3.86. The summed E-state index contributed by atoms with van der Waals surface area (Å²) < 4.78 is 0. The summed E-state index contributed by atoms with van der Waals surface area (Å²) in [6.45, 7) is 0.745. The maximum absolute atomic E-state index is 11.8. The molecule has 0 aliphatic carbocycles. The minimum atomic E-state index is 0. The molecule has 0 unspecified atom stereocenters. The van der Waals surface area contributed by atoms with Gasteiger partial charge >= 0.3 is 0 Å². The average molecular weight is 331 g/mol. The molecule has 0 fully saturated rings. The largest absolute Gasteiger partial charge is 0.330 e. The van der Waals surface area contributed by atoms with Crippen molar-refractivity contribution in [3.8, 4) is 0 Å². The van der Waals surface area contributed by atoms with Crippen molar-refractivity contribution in [3.63, 3.8) is 0 Å². The van der Waals surface area contributed by atoms with Crippen LogP contribution in [0.25, 0.3) is 0 Å². The second-order valence-electron chi connectivity index (χ2n) is 4.94. The van der Waals surface area contributed by atoms with Gasteiger partial charge in [-0.2, -0.15) is 11.8 Å². The third kappa shape index (κ3) is 9.77. The lowest BCUT2D eigenvalue weighted by molar-refractivity contribution is -0.116. The van der Waals surface area contributed by atoms with Crippen LogP contribution in [0.2, 0.25) is 0 Å². The van der Waals surface area contributed by atoms with Crippen molar-refractivity contribution in [1.29, 1.82) is 0 Å². The van der Waals surface area contributed by atoms with Crippen LogP contribution in [0, 0.1) is 0 Å². The summed E-state index contributed by atoms with van der Waals surface area (Å²) in [5.74, 6) is 1.24. The van der Waals surface area contributed by atoms with Crippen LogP contribution in [0.1, 0.15) is 37.7 Å². The second-order valence-corrected chi connectivity index (χ2v) is 5.93. The minimum absolute atomic E-state index is 0. The smallest absolute Gasteiger partial charge is 0.224 e. The molecule has 0 heterocycles. The molecule has 5 heteroatoms. The van der Waals surface area contributed by atoms with E-state index in [1.165, 1.54) is 5.56 Å². The fraction of sp³-hybridized carbons (Fsp3) is 0.562. The number of aryl methyl sites for hydroxylation is 1. The Morgan fingerprint density at radius 2 is 1.81 bits per heavy atom. The van der Waals surface area contributed by atoms with Gasteiger partial charge in [0.25, 0.3) is 0 Å². The van der Waals surface area contributed by atoms with Crippen molar-refractivity contribution < 1.29 is 4.79 Å². The third-order valence-electron chi connectivity index (χ3n) is 3.19. The van der Waals surface area contributed by atoms with Crippen LogP contribution in [0.3, 0.4) is 0 Å². The van der Waals surface area contributed by atoms with E-state index in [1.54, 1.807) is 0 Å². The lowest BCUT2D eigenvalue weighted by Gasteiger charge is -2.06. The van der Waals surface area contributed by atoms with Crippen LogP contribution in [0.4, 0.5) is 5.69 Å². The number of halogens is 1. The number of amides is 1. The fourth-order valence-corrected chi connectivity index (χ4v) is 2.42. The van der Waals surface area contributed by atoms with E-state index in [0.29, 0.717) is 6.42 Å². The number of carbonyl (C=O) groups excluding carboxylic acids is 1. The van der Waals surface area contributed by atoms with E-state index in [2.05, 4.69) is 23.7 Å². The van der Waals surface area contributed by atoms with Gasteiger partial charge in [0, 0.05) is 12.1 Å². The monoisotopic (exact) mass is 330 g/mol. The van der Waals surface area contributed by atoms with E-state index in [9.17, 15) is 4.79 Å². The van der Waals surface area contributed by atoms with Gasteiger partial charge in [0.2, 0.25) is 5.91 Å². The highest BCUT2D eigenvalue weighted by Gasteiger charge is 2.02. The quantitative estimate of drug-likeness (QED) is 0.640. The zero-order valence-electron chi connectivity index (χ0n) is 12.8. The van der Waals surface area contributed by atoms with Crippen LogP contribution in [-0.4, -0.2) is 24.5 Å². The van der Waals surface area contributed by atoms with Gasteiger partial charge in [0.1, 0.15) is 0 Å². The van der Waals surface area contributed by atoms with Crippen molar-refractivity contribution in [3.05, 3.63) is 29.8 Å². The topological polar surface area (TPSA) is 55.1 Å². The summed E-state index contributed by atoms with van der Waals surface area (Å²) in [5.41, 5.74) is 7.65. The van der Waals surface area contributed by atoms with Gasteiger partial charge in [-0.05, 0) is 55.5 Å². The zero-order chi connectivity index (χ0) is 14.6. The molecule has 1 rings (SSSR count). The van der Waals surface area contributed by atoms with Crippen molar-refractivity contribution in [2.45, 2.75) is 38.5 Å². The molecule has 0 aliphatic heterocycles. The van der Waals surface area contributed by atoms with Crippen molar-refractivity contribution in [2.75, 3.05) is 23.9 Å². The number of carbonyl (C=O) groups is 1. The maximum atomic E-state index is 11.8. The van der Waals surface area contributed by atoms with E-state index in [1.807, 2.05) is 23.9 Å². The Hall–Kier alpha value is -0.710. The molecule has 21 heavy (non-hydrogen) atoms. The zero-order valence-corrected chi connectivity index (χ0v) is 14.4. The molecular weight excluding hydrogens is 304 g/mol. The lowest BCUT2D eigenvalue weighted by atomic mass is 10.1. The number of hydrogen-bond donors (Lipinski definition) is 2. The minimum Gasteiger partial charge on any atom is -0.330 e. The highest BCUT2D eigenvalue weighted by atomic mass is 35.5. The Bertz CT molecular complexity index is 384. The SMILES string of the molecule is CSCCc1ccc(NC(=O)CCCCCCN)cc1.Cl. The molecular formula is C16H27ClN2OS. The number of anilines is 1. The summed E-state index contributed by atoms with van der Waals surface area (Å²) in [5, 5.41) is 2.95. The number of rotatable bonds is 10. The van der Waals surface area contributed by atoms with Crippen molar-refractivity contribution in [2.24, 2.45) is 5.73 Å². The molecule has 3 nitrogen and oxygen atoms in total. The molecule has 0 saturated heterocycles. The van der Waals surface area contributed by atoms with E-state index >= 15 is 0 Å². The number of nitrogens with two attached hydrogens (primary N) is 1. The summed E-state index contributed by atoms with van der Waals surface area (Å²) in [6, 6.07) is 8.16. The Morgan fingerprint density at radius 3 is 2.43 bits per heavy atom. The molecule has 0 aromatic heterocycles. The Balaban J connectivity index is 0.00000400. The lowest BCUT2D eigenvalue weighted by Crippen LogP contribution is -2.11. The molecule has 1 aromatic rings. The van der Waals surface area contributed by atoms with Crippen LogP contribution in [0.5, 0.6) is 0 Å². The fourth-order valence-electron chi connectivity index (χ4n) is 1.98. The Kier molecular flexibility index (Phi) is 12.5. The van der Waals surface area contributed by atoms with Crippen LogP contribution in [0.15, 0.2) is 24.3 Å². The van der Waals surface area contributed by atoms with Gasteiger partial charge in [-0.1, -0.05) is 25.0 Å². The van der Waals surface area contributed by atoms with E-state index in [4.69, 9.17) is 5.73 Å². The normalized spacial score (nSPS) is 10.0. The molecule has 0 atom stereocenters. The molecule has 3 N–H and O–H groups in total. The number of unbranched alkanes of at least 4 members (excludes halogenated alkanes) is 3. The molecule has 120 valence electrons. The second kappa shape index (κ2) is 13.0. The number of hydrogen-bond acceptors (Lipinski definition) is 3. The third-order valence-corrected chi connectivity index (χ3v) is 3.80. The van der Waals surface area contributed by atoms with E-state index < -0.39 is 0 Å². The Labute approximate surface area is 138 Å². The average Bonchev–Trinajstić information content (AvgIpc) is 2.46. The van der Waals surface area contributed by atoms with Crippen molar-refractivity contribution >= 4 is 35.8 Å². The Morgan fingerprint density at radius 1 is 1.14 bits per heavy atom. The maximum Gasteiger partial charge on any atom is 0.224 e. The van der Waals surface area contributed by atoms with Gasteiger partial charge < -0.3 is 11.1 Å². The molecule has 0 bridgehead atoms. The van der Waals surface area contributed by atoms with E-state index in [0.717, 1.165) is 50.1 Å². The highest BCUT2D eigenvalue weighted by Crippen LogP contribution is 2.12. The first kappa shape index (κ1) is 20.3. The van der Waals surface area contributed by atoms with Gasteiger partial charge in [-0.25, -0.2) is 0 Å². The van der Waals surface area contributed by atoms with Crippen LogP contribution < -0.4 is 11.1 Å². The molecule has 1 amide bonds. The van der Waals surface area contributed by atoms with E-state index in [-0.39, 0.29) is 18.3 Å². The van der Waals surface area contributed by atoms with Crippen LogP contribution >= 0.6 is 24.2 Å². The van der Waals surface area contributed by atoms with Crippen molar-refractivity contribution in [1.82, 2.24) is 0 Å². The van der Waals surface area contributed by atoms with Gasteiger partial charge in [-0.3, -0.25) is 4.79 Å². The first-order valence-electron chi connectivity index (χ1n) is 7.34. The van der Waals surface area contributed by atoms with Gasteiger partial charge in [-0.15, -0.1) is 12.4 Å². The van der Waals surface area contributed by atoms with Crippen LogP contribution in [-0.2, 0) is 11.2 Å². The first-order chi connectivity index (χ1) is 9.76. The molecule has 0 saturated carbocycles. The van der Waals surface area contributed by atoms with Gasteiger partial charge in [0.05, 0.1) is 0 Å². The molecule has 0 aliphatic rings. The molecule has 0 radical (unpaired) electrons. The molecule has 0 spiro atoms. The number of nitrogens with one attached hydrogen (secondary N) is 1. The molecule has 1 aromatic carbocycles. The predicted molar refractivity (Wildman–Crippen MR) is 96.5 cm³/mol. The summed E-state index contributed by atoms with van der Waals surface area (Å²) >= 11 is 1.85. The van der Waals surface area contributed by atoms with Gasteiger partial charge in [0.15, 0.2) is 0 Å². The summed E-state index contributed by atoms with van der Waals surface area (Å²) in [6.07, 6.45) is 7.99. The number of benzene rings is 1. The first-order valence-corrected chi connectivity index (χ1v) is 8.73. The highest BCUT2D eigenvalue weighted by molar-refractivity contribution is 7.98. The summed E-state index contributed by atoms with van der Waals surface area (Å²) in [4.78, 5) is 11.8.